The standard InChI is InChI=1S/C28H38ClN7O4/c29-18-9-4-10-19(16-18)40-24-20(25(31)37)11-5-13-22(24)35-27(39)23(15-17-7-2-1-3-8-17)36-26(38)21(30)12-6-14-34-28(32)33/h4-5,9-11,13,16-17,21,23H,1-3,6-8,12,14-15,30H2,(H2,31,37)(H,35,39)(H,36,38)(H4,32,33,34)/t21-,23-/m0/s1. The molecule has 216 valence electrons. The monoisotopic (exact) mass is 571 g/mol. The molecule has 1 fully saturated rings. The summed E-state index contributed by atoms with van der Waals surface area (Å²) in [7, 11) is 0. The van der Waals surface area contributed by atoms with Gasteiger partial charge in [-0.1, -0.05) is 55.8 Å². The number of carbonyl (C=O) groups excluding carboxylic acids is 3. The van der Waals surface area contributed by atoms with Crippen molar-refractivity contribution in [3.05, 3.63) is 53.1 Å². The second-order valence-corrected chi connectivity index (χ2v) is 10.4. The van der Waals surface area contributed by atoms with Gasteiger partial charge in [-0.15, -0.1) is 0 Å². The molecule has 1 aliphatic carbocycles. The van der Waals surface area contributed by atoms with Gasteiger partial charge in [-0.05, 0) is 55.5 Å². The lowest BCUT2D eigenvalue weighted by atomic mass is 9.84. The van der Waals surface area contributed by atoms with Crippen LogP contribution in [0.4, 0.5) is 5.69 Å². The first-order valence-corrected chi connectivity index (χ1v) is 13.8. The zero-order valence-electron chi connectivity index (χ0n) is 22.4. The van der Waals surface area contributed by atoms with E-state index in [1.807, 2.05) is 0 Å². The normalized spacial score (nSPS) is 14.9. The highest BCUT2D eigenvalue weighted by molar-refractivity contribution is 6.30. The van der Waals surface area contributed by atoms with Crippen molar-refractivity contribution in [3.63, 3.8) is 0 Å². The van der Waals surface area contributed by atoms with E-state index in [-0.39, 0.29) is 28.9 Å². The van der Waals surface area contributed by atoms with E-state index in [4.69, 9.17) is 39.3 Å². The first-order valence-electron chi connectivity index (χ1n) is 13.4. The number of anilines is 1. The van der Waals surface area contributed by atoms with Crippen LogP contribution < -0.4 is 38.3 Å². The molecule has 0 aromatic heterocycles. The number of hydrogen-bond donors (Lipinski definition) is 6. The van der Waals surface area contributed by atoms with E-state index in [1.165, 1.54) is 6.07 Å². The second kappa shape index (κ2) is 15.1. The van der Waals surface area contributed by atoms with Crippen molar-refractivity contribution in [2.75, 3.05) is 11.9 Å². The number of primary amides is 1. The maximum absolute atomic E-state index is 13.6. The summed E-state index contributed by atoms with van der Waals surface area (Å²) >= 11 is 6.09. The Morgan fingerprint density at radius 3 is 2.42 bits per heavy atom. The number of rotatable bonds is 13. The Bertz CT molecular complexity index is 1210. The van der Waals surface area contributed by atoms with Crippen molar-refractivity contribution in [2.45, 2.75) is 63.5 Å². The van der Waals surface area contributed by atoms with Crippen LogP contribution in [0.5, 0.6) is 11.5 Å². The summed E-state index contributed by atoms with van der Waals surface area (Å²) in [5, 5.41) is 6.11. The van der Waals surface area contributed by atoms with Gasteiger partial charge in [0.1, 0.15) is 11.8 Å². The van der Waals surface area contributed by atoms with Crippen LogP contribution in [-0.4, -0.2) is 42.3 Å². The van der Waals surface area contributed by atoms with Crippen LogP contribution in [0.25, 0.3) is 0 Å². The summed E-state index contributed by atoms with van der Waals surface area (Å²) in [4.78, 5) is 42.7. The van der Waals surface area contributed by atoms with Crippen molar-refractivity contribution >= 4 is 41.0 Å². The number of ether oxygens (including phenoxy) is 1. The zero-order chi connectivity index (χ0) is 29.1. The van der Waals surface area contributed by atoms with Crippen LogP contribution in [0, 0.1) is 5.92 Å². The number of aliphatic imine (C=N–C) groups is 1. The summed E-state index contributed by atoms with van der Waals surface area (Å²) in [6.45, 7) is 0.348. The van der Waals surface area contributed by atoms with Crippen molar-refractivity contribution in [1.29, 1.82) is 0 Å². The fourth-order valence-corrected chi connectivity index (χ4v) is 4.90. The molecule has 1 saturated carbocycles. The molecule has 3 amide bonds. The van der Waals surface area contributed by atoms with E-state index in [2.05, 4.69) is 15.6 Å². The van der Waals surface area contributed by atoms with E-state index in [9.17, 15) is 14.4 Å². The SMILES string of the molecule is NC(=O)c1cccc(NC(=O)[C@H](CC2CCCCC2)NC(=O)[C@@H](N)CCCN=C(N)N)c1Oc1cccc(Cl)c1. The van der Waals surface area contributed by atoms with Gasteiger partial charge in [-0.2, -0.15) is 0 Å². The van der Waals surface area contributed by atoms with Crippen LogP contribution >= 0.6 is 11.6 Å². The molecular weight excluding hydrogens is 534 g/mol. The molecular formula is C28H38ClN7O4. The number of carbonyl (C=O) groups is 3. The zero-order valence-corrected chi connectivity index (χ0v) is 23.2. The average Bonchev–Trinajstić information content (AvgIpc) is 2.91. The number of nitrogens with zero attached hydrogens (tertiary/aromatic N) is 1. The molecule has 40 heavy (non-hydrogen) atoms. The molecule has 0 spiro atoms. The van der Waals surface area contributed by atoms with E-state index in [1.54, 1.807) is 36.4 Å². The van der Waals surface area contributed by atoms with Gasteiger partial charge in [0.05, 0.1) is 17.3 Å². The Kier molecular flexibility index (Phi) is 11.6. The topological polar surface area (TPSA) is 201 Å². The van der Waals surface area contributed by atoms with Crippen molar-refractivity contribution in [2.24, 2.45) is 33.8 Å². The third-order valence-corrected chi connectivity index (χ3v) is 7.02. The molecule has 1 aliphatic rings. The summed E-state index contributed by atoms with van der Waals surface area (Å²) in [5.41, 5.74) is 22.7. The Morgan fingerprint density at radius 1 is 1.02 bits per heavy atom. The van der Waals surface area contributed by atoms with E-state index in [0.717, 1.165) is 32.1 Å². The van der Waals surface area contributed by atoms with Gasteiger partial charge in [0.15, 0.2) is 11.7 Å². The van der Waals surface area contributed by atoms with Crippen LogP contribution in [0.2, 0.25) is 5.02 Å². The number of hydrogen-bond acceptors (Lipinski definition) is 6. The average molecular weight is 572 g/mol. The Morgan fingerprint density at radius 2 is 1.75 bits per heavy atom. The molecule has 3 rings (SSSR count). The van der Waals surface area contributed by atoms with Crippen LogP contribution in [-0.2, 0) is 9.59 Å². The number of halogens is 1. The number of amides is 3. The molecule has 0 unspecified atom stereocenters. The number of nitrogens with one attached hydrogen (secondary N) is 2. The van der Waals surface area contributed by atoms with Crippen molar-refractivity contribution in [3.8, 4) is 11.5 Å². The van der Waals surface area contributed by atoms with Gasteiger partial charge < -0.3 is 38.3 Å². The van der Waals surface area contributed by atoms with Crippen molar-refractivity contribution < 1.29 is 19.1 Å². The lowest BCUT2D eigenvalue weighted by molar-refractivity contribution is -0.127. The molecule has 2 aromatic rings. The molecule has 0 saturated heterocycles. The fraction of sp³-hybridized carbons (Fsp3) is 0.429. The summed E-state index contributed by atoms with van der Waals surface area (Å²) < 4.78 is 5.97. The third kappa shape index (κ3) is 9.42. The van der Waals surface area contributed by atoms with Gasteiger partial charge in [-0.25, -0.2) is 0 Å². The predicted molar refractivity (Wildman–Crippen MR) is 156 cm³/mol. The van der Waals surface area contributed by atoms with Gasteiger partial charge in [-0.3, -0.25) is 19.4 Å². The first-order chi connectivity index (χ1) is 19.1. The minimum atomic E-state index is -0.851. The minimum Gasteiger partial charge on any atom is -0.454 e. The van der Waals surface area contributed by atoms with Gasteiger partial charge in [0, 0.05) is 11.6 Å². The lowest BCUT2D eigenvalue weighted by Gasteiger charge is -2.27. The summed E-state index contributed by atoms with van der Waals surface area (Å²) in [6.07, 6.45) is 6.58. The van der Waals surface area contributed by atoms with Crippen LogP contribution in [0.1, 0.15) is 61.7 Å². The predicted octanol–water partition coefficient (Wildman–Crippen LogP) is 3.01. The maximum atomic E-state index is 13.6. The molecule has 2 aromatic carbocycles. The second-order valence-electron chi connectivity index (χ2n) is 9.95. The largest absolute Gasteiger partial charge is 0.454 e. The minimum absolute atomic E-state index is 0.0265. The van der Waals surface area contributed by atoms with Crippen LogP contribution in [0.3, 0.4) is 0 Å². The Labute approximate surface area is 239 Å². The highest BCUT2D eigenvalue weighted by Crippen LogP contribution is 2.35. The first kappa shape index (κ1) is 30.7. The van der Waals surface area contributed by atoms with Gasteiger partial charge >= 0.3 is 0 Å². The summed E-state index contributed by atoms with van der Waals surface area (Å²) in [6, 6.07) is 9.61. The van der Waals surface area contributed by atoms with E-state index >= 15 is 0 Å². The molecule has 10 N–H and O–H groups in total. The fourth-order valence-electron chi connectivity index (χ4n) is 4.72. The van der Waals surface area contributed by atoms with Gasteiger partial charge in [0.25, 0.3) is 5.91 Å². The van der Waals surface area contributed by atoms with Gasteiger partial charge in [0.2, 0.25) is 11.8 Å². The molecule has 0 radical (unpaired) electrons. The highest BCUT2D eigenvalue weighted by atomic mass is 35.5. The van der Waals surface area contributed by atoms with Crippen LogP contribution in [0.15, 0.2) is 47.5 Å². The highest BCUT2D eigenvalue weighted by Gasteiger charge is 2.29. The molecule has 0 aliphatic heterocycles. The Hall–Kier alpha value is -3.83. The van der Waals surface area contributed by atoms with E-state index in [0.29, 0.717) is 36.6 Å². The number of benzene rings is 2. The smallest absolute Gasteiger partial charge is 0.252 e. The third-order valence-electron chi connectivity index (χ3n) is 6.79. The number of nitrogens with two attached hydrogens (primary N) is 4. The number of guanidine groups is 1. The summed E-state index contributed by atoms with van der Waals surface area (Å²) in [5.74, 6) is -0.943. The molecule has 11 nitrogen and oxygen atoms in total. The quantitative estimate of drug-likeness (QED) is 0.120. The lowest BCUT2D eigenvalue weighted by Crippen LogP contribution is -2.50. The molecule has 0 bridgehead atoms. The van der Waals surface area contributed by atoms with Crippen molar-refractivity contribution in [1.82, 2.24) is 5.32 Å². The maximum Gasteiger partial charge on any atom is 0.252 e. The molecule has 0 heterocycles. The van der Waals surface area contributed by atoms with E-state index < -0.39 is 29.8 Å². The molecule has 2 atom stereocenters. The molecule has 12 heteroatoms. The Balaban J connectivity index is 1.80. The number of para-hydroxylation sites is 1.